The molecule has 0 spiro atoms. The Morgan fingerprint density at radius 3 is 2.42 bits per heavy atom. The Kier molecular flexibility index (Phi) is 6.06. The summed E-state index contributed by atoms with van der Waals surface area (Å²) < 4.78 is 0. The molecule has 0 bridgehead atoms. The molecule has 1 atom stereocenters. The van der Waals surface area contributed by atoms with Crippen molar-refractivity contribution in [1.82, 2.24) is 5.32 Å². The molecule has 0 saturated carbocycles. The van der Waals surface area contributed by atoms with E-state index in [4.69, 9.17) is 5.11 Å². The lowest BCUT2D eigenvalue weighted by Gasteiger charge is -2.13. The van der Waals surface area contributed by atoms with Gasteiger partial charge in [0.25, 0.3) is 0 Å². The number of benzene rings is 1. The van der Waals surface area contributed by atoms with Crippen LogP contribution in [0.25, 0.3) is 0 Å². The van der Waals surface area contributed by atoms with E-state index in [-0.39, 0.29) is 5.91 Å². The Labute approximate surface area is 113 Å². The average Bonchev–Trinajstić information content (AvgIpc) is 2.37. The van der Waals surface area contributed by atoms with Crippen LogP contribution in [0.15, 0.2) is 24.3 Å². The molecule has 2 N–H and O–H groups in total. The summed E-state index contributed by atoms with van der Waals surface area (Å²) in [6.07, 6.45) is 2.14. The predicted octanol–water partition coefficient (Wildman–Crippen LogP) is 2.30. The van der Waals surface area contributed by atoms with Gasteiger partial charge < -0.3 is 10.4 Å². The summed E-state index contributed by atoms with van der Waals surface area (Å²) in [7, 11) is 0. The summed E-state index contributed by atoms with van der Waals surface area (Å²) in [5.74, 6) is -1.17. The molecule has 1 aromatic carbocycles. The molecule has 0 aliphatic rings. The monoisotopic (exact) mass is 263 g/mol. The number of aliphatic carboxylic acids is 1. The second-order valence-electron chi connectivity index (χ2n) is 4.73. The molecule has 4 heteroatoms. The van der Waals surface area contributed by atoms with Crippen molar-refractivity contribution >= 4 is 11.9 Å². The van der Waals surface area contributed by atoms with Gasteiger partial charge in [0, 0.05) is 6.42 Å². The van der Waals surface area contributed by atoms with Crippen molar-refractivity contribution in [3.63, 3.8) is 0 Å². The lowest BCUT2D eigenvalue weighted by molar-refractivity contribution is -0.142. The van der Waals surface area contributed by atoms with Crippen LogP contribution in [0.1, 0.15) is 37.3 Å². The topological polar surface area (TPSA) is 66.4 Å². The van der Waals surface area contributed by atoms with Crippen LogP contribution in [0.2, 0.25) is 0 Å². The quantitative estimate of drug-likeness (QED) is 0.793. The first-order chi connectivity index (χ1) is 9.02. The lowest BCUT2D eigenvalue weighted by Crippen LogP contribution is -2.40. The molecule has 0 heterocycles. The van der Waals surface area contributed by atoms with E-state index in [2.05, 4.69) is 5.32 Å². The molecule has 4 nitrogen and oxygen atoms in total. The highest BCUT2D eigenvalue weighted by Gasteiger charge is 2.18. The number of carbonyl (C=O) groups excluding carboxylic acids is 1. The van der Waals surface area contributed by atoms with E-state index in [0.717, 1.165) is 12.0 Å². The third-order valence-corrected chi connectivity index (χ3v) is 2.97. The Morgan fingerprint density at radius 2 is 1.89 bits per heavy atom. The maximum Gasteiger partial charge on any atom is 0.326 e. The molecule has 19 heavy (non-hydrogen) atoms. The molecular formula is C15H21NO3. The van der Waals surface area contributed by atoms with Crippen molar-refractivity contribution in [2.24, 2.45) is 0 Å². The molecule has 1 rings (SSSR count). The van der Waals surface area contributed by atoms with Gasteiger partial charge in [0.1, 0.15) is 6.04 Å². The summed E-state index contributed by atoms with van der Waals surface area (Å²) in [6.45, 7) is 3.91. The van der Waals surface area contributed by atoms with Crippen LogP contribution in [0.5, 0.6) is 0 Å². The standard InChI is InChI=1S/C15H21NO3/c1-3-4-13(15(18)19)16-14(17)10-9-12-7-5-11(2)6-8-12/h5-8,13H,3-4,9-10H2,1-2H3,(H,16,17)(H,18,19)/t13-/m1/s1. The minimum atomic E-state index is -0.967. The van der Waals surface area contributed by atoms with Crippen LogP contribution in [0, 0.1) is 6.92 Å². The fraction of sp³-hybridized carbons (Fsp3) is 0.467. The first-order valence-electron chi connectivity index (χ1n) is 6.60. The fourth-order valence-corrected chi connectivity index (χ4v) is 1.83. The van der Waals surface area contributed by atoms with Crippen molar-refractivity contribution in [3.8, 4) is 0 Å². The third-order valence-electron chi connectivity index (χ3n) is 2.97. The van der Waals surface area contributed by atoms with Gasteiger partial charge in [0.2, 0.25) is 5.91 Å². The summed E-state index contributed by atoms with van der Waals surface area (Å²) in [4.78, 5) is 22.6. The van der Waals surface area contributed by atoms with Crippen molar-refractivity contribution in [1.29, 1.82) is 0 Å². The molecular weight excluding hydrogens is 242 g/mol. The van der Waals surface area contributed by atoms with Gasteiger partial charge in [-0.05, 0) is 25.3 Å². The van der Waals surface area contributed by atoms with Gasteiger partial charge in [-0.15, -0.1) is 0 Å². The van der Waals surface area contributed by atoms with E-state index >= 15 is 0 Å². The Balaban J connectivity index is 2.42. The highest BCUT2D eigenvalue weighted by atomic mass is 16.4. The van der Waals surface area contributed by atoms with Gasteiger partial charge in [0.15, 0.2) is 0 Å². The van der Waals surface area contributed by atoms with Crippen LogP contribution in [-0.2, 0) is 16.0 Å². The third kappa shape index (κ3) is 5.55. The van der Waals surface area contributed by atoms with Crippen molar-refractivity contribution in [2.45, 2.75) is 45.6 Å². The number of aryl methyl sites for hydroxylation is 2. The van der Waals surface area contributed by atoms with Gasteiger partial charge in [-0.2, -0.15) is 0 Å². The number of carboxylic acid groups (broad SMARTS) is 1. The Bertz CT molecular complexity index is 426. The second kappa shape index (κ2) is 7.56. The highest BCUT2D eigenvalue weighted by molar-refractivity contribution is 5.83. The second-order valence-corrected chi connectivity index (χ2v) is 4.73. The first kappa shape index (κ1) is 15.2. The highest BCUT2D eigenvalue weighted by Crippen LogP contribution is 2.06. The van der Waals surface area contributed by atoms with Crippen molar-refractivity contribution in [2.75, 3.05) is 0 Å². The minimum absolute atomic E-state index is 0.207. The molecule has 0 aromatic heterocycles. The summed E-state index contributed by atoms with van der Waals surface area (Å²) in [6, 6.07) is 7.22. The van der Waals surface area contributed by atoms with Crippen LogP contribution >= 0.6 is 0 Å². The normalized spacial score (nSPS) is 11.9. The van der Waals surface area contributed by atoms with E-state index in [1.54, 1.807) is 0 Å². The summed E-state index contributed by atoms with van der Waals surface area (Å²) in [5.41, 5.74) is 2.27. The molecule has 1 aromatic rings. The molecule has 0 saturated heterocycles. The zero-order valence-electron chi connectivity index (χ0n) is 11.5. The smallest absolute Gasteiger partial charge is 0.326 e. The largest absolute Gasteiger partial charge is 0.480 e. The van der Waals surface area contributed by atoms with Gasteiger partial charge in [0.05, 0.1) is 0 Å². The average molecular weight is 263 g/mol. The zero-order chi connectivity index (χ0) is 14.3. The van der Waals surface area contributed by atoms with Crippen molar-refractivity contribution in [3.05, 3.63) is 35.4 Å². The molecule has 0 fully saturated rings. The van der Waals surface area contributed by atoms with Crippen LogP contribution in [0.3, 0.4) is 0 Å². The molecule has 0 aliphatic carbocycles. The number of rotatable bonds is 7. The first-order valence-corrected chi connectivity index (χ1v) is 6.60. The SMILES string of the molecule is CCC[C@@H](NC(=O)CCc1ccc(C)cc1)C(=O)O. The Morgan fingerprint density at radius 1 is 1.26 bits per heavy atom. The number of hydrogen-bond donors (Lipinski definition) is 2. The van der Waals surface area contributed by atoms with E-state index in [0.29, 0.717) is 19.3 Å². The molecule has 0 radical (unpaired) electrons. The molecule has 0 aliphatic heterocycles. The lowest BCUT2D eigenvalue weighted by atomic mass is 10.1. The number of carbonyl (C=O) groups is 2. The molecule has 0 unspecified atom stereocenters. The van der Waals surface area contributed by atoms with Crippen LogP contribution in [-0.4, -0.2) is 23.0 Å². The number of carboxylic acids is 1. The van der Waals surface area contributed by atoms with E-state index in [9.17, 15) is 9.59 Å². The van der Waals surface area contributed by atoms with Gasteiger partial charge in [-0.1, -0.05) is 43.2 Å². The van der Waals surface area contributed by atoms with Gasteiger partial charge >= 0.3 is 5.97 Å². The number of hydrogen-bond acceptors (Lipinski definition) is 2. The number of nitrogens with one attached hydrogen (secondary N) is 1. The van der Waals surface area contributed by atoms with Crippen LogP contribution in [0.4, 0.5) is 0 Å². The maximum atomic E-state index is 11.7. The van der Waals surface area contributed by atoms with Crippen molar-refractivity contribution < 1.29 is 14.7 Å². The zero-order valence-corrected chi connectivity index (χ0v) is 11.5. The van der Waals surface area contributed by atoms with E-state index < -0.39 is 12.0 Å². The predicted molar refractivity (Wildman–Crippen MR) is 74.0 cm³/mol. The molecule has 1 amide bonds. The van der Waals surface area contributed by atoms with E-state index in [1.165, 1.54) is 5.56 Å². The molecule has 104 valence electrons. The summed E-state index contributed by atoms with van der Waals surface area (Å²) >= 11 is 0. The van der Waals surface area contributed by atoms with Gasteiger partial charge in [-0.25, -0.2) is 4.79 Å². The van der Waals surface area contributed by atoms with E-state index in [1.807, 2.05) is 38.1 Å². The summed E-state index contributed by atoms with van der Waals surface area (Å²) in [5, 5.41) is 11.5. The van der Waals surface area contributed by atoms with Gasteiger partial charge in [-0.3, -0.25) is 4.79 Å². The minimum Gasteiger partial charge on any atom is -0.480 e. The number of amides is 1. The van der Waals surface area contributed by atoms with Crippen LogP contribution < -0.4 is 5.32 Å². The Hall–Kier alpha value is -1.84. The maximum absolute atomic E-state index is 11.7. The fourth-order valence-electron chi connectivity index (χ4n) is 1.83.